The van der Waals surface area contributed by atoms with Crippen molar-refractivity contribution in [3.63, 3.8) is 0 Å². The van der Waals surface area contributed by atoms with Crippen molar-refractivity contribution in [3.8, 4) is 0 Å². The van der Waals surface area contributed by atoms with Gasteiger partial charge in [0, 0.05) is 18.5 Å². The number of rotatable bonds is 2. The first-order valence-electron chi connectivity index (χ1n) is 4.01. The van der Waals surface area contributed by atoms with Crippen molar-refractivity contribution in [2.24, 2.45) is 11.7 Å². The Morgan fingerprint density at radius 2 is 2.36 bits per heavy atom. The van der Waals surface area contributed by atoms with Crippen molar-refractivity contribution in [1.29, 1.82) is 0 Å². The monoisotopic (exact) mass is 152 g/mol. The molecule has 0 amide bonds. The zero-order valence-electron chi connectivity index (χ0n) is 7.17. The van der Waals surface area contributed by atoms with E-state index in [4.69, 9.17) is 5.73 Å². The van der Waals surface area contributed by atoms with Crippen LogP contribution in [0.25, 0.3) is 0 Å². The van der Waals surface area contributed by atoms with Crippen LogP contribution < -0.4 is 11.1 Å². The fourth-order valence-electron chi connectivity index (χ4n) is 1.41. The number of nitrogens with one attached hydrogen (secondary N) is 1. The molecule has 1 rings (SSSR count). The lowest BCUT2D eigenvalue weighted by atomic mass is 9.89. The summed E-state index contributed by atoms with van der Waals surface area (Å²) in [6, 6.07) is 0.187. The largest absolute Gasteiger partial charge is 0.324 e. The van der Waals surface area contributed by atoms with Crippen molar-refractivity contribution < 1.29 is 0 Å². The molecule has 1 aliphatic carbocycles. The fraction of sp³-hybridized carbons (Fsp3) is 0.556. The molecular weight excluding hydrogens is 136 g/mol. The highest BCUT2D eigenvalue weighted by Crippen LogP contribution is 2.17. The van der Waals surface area contributed by atoms with Crippen LogP contribution in [0.5, 0.6) is 0 Å². The quantitative estimate of drug-likeness (QED) is 0.610. The van der Waals surface area contributed by atoms with Gasteiger partial charge in [-0.15, -0.1) is 0 Å². The second kappa shape index (κ2) is 3.69. The molecule has 3 N–H and O–H groups in total. The van der Waals surface area contributed by atoms with Gasteiger partial charge in [-0.3, -0.25) is 0 Å². The number of hydrogen-bond donors (Lipinski definition) is 2. The summed E-state index contributed by atoms with van der Waals surface area (Å²) in [6.07, 6.45) is 6.21. The van der Waals surface area contributed by atoms with Gasteiger partial charge in [0.15, 0.2) is 0 Å². The zero-order chi connectivity index (χ0) is 8.27. The Morgan fingerprint density at radius 3 is 2.91 bits per heavy atom. The van der Waals surface area contributed by atoms with E-state index in [2.05, 4.69) is 24.4 Å². The maximum absolute atomic E-state index is 5.89. The summed E-state index contributed by atoms with van der Waals surface area (Å²) in [7, 11) is 1.96. The Bertz CT molecular complexity index is 182. The van der Waals surface area contributed by atoms with E-state index in [1.165, 1.54) is 5.57 Å². The van der Waals surface area contributed by atoms with Crippen LogP contribution in [0.15, 0.2) is 23.8 Å². The zero-order valence-corrected chi connectivity index (χ0v) is 7.17. The van der Waals surface area contributed by atoms with Crippen LogP contribution >= 0.6 is 0 Å². The van der Waals surface area contributed by atoms with E-state index in [9.17, 15) is 0 Å². The van der Waals surface area contributed by atoms with Gasteiger partial charge in [-0.25, -0.2) is 0 Å². The van der Waals surface area contributed by atoms with E-state index in [0.29, 0.717) is 5.92 Å². The van der Waals surface area contributed by atoms with E-state index in [1.54, 1.807) is 0 Å². The van der Waals surface area contributed by atoms with Gasteiger partial charge in [-0.2, -0.15) is 0 Å². The minimum Gasteiger partial charge on any atom is -0.324 e. The fourth-order valence-corrected chi connectivity index (χ4v) is 1.41. The molecule has 2 nitrogen and oxygen atoms in total. The third-order valence-corrected chi connectivity index (χ3v) is 2.17. The van der Waals surface area contributed by atoms with E-state index >= 15 is 0 Å². The molecule has 1 aliphatic rings. The van der Waals surface area contributed by atoms with Crippen LogP contribution in [0.3, 0.4) is 0 Å². The lowest BCUT2D eigenvalue weighted by Crippen LogP contribution is -2.36. The summed E-state index contributed by atoms with van der Waals surface area (Å²) in [6.45, 7) is 3.10. The molecular formula is C9H16N2. The summed E-state index contributed by atoms with van der Waals surface area (Å²) in [4.78, 5) is 0. The average molecular weight is 152 g/mol. The van der Waals surface area contributed by atoms with Crippen molar-refractivity contribution in [2.75, 3.05) is 13.6 Å². The molecule has 0 radical (unpaired) electrons. The van der Waals surface area contributed by atoms with Crippen molar-refractivity contribution in [1.82, 2.24) is 5.32 Å². The van der Waals surface area contributed by atoms with Crippen LogP contribution in [0.2, 0.25) is 0 Å². The summed E-state index contributed by atoms with van der Waals surface area (Å²) >= 11 is 0. The predicted molar refractivity (Wildman–Crippen MR) is 48.3 cm³/mol. The predicted octanol–water partition coefficient (Wildman–Crippen LogP) is 0.665. The van der Waals surface area contributed by atoms with Gasteiger partial charge in [0.2, 0.25) is 0 Å². The number of hydrogen-bond acceptors (Lipinski definition) is 2. The molecule has 0 heterocycles. The molecule has 0 spiro atoms. The summed E-state index contributed by atoms with van der Waals surface area (Å²) in [5.41, 5.74) is 7.26. The van der Waals surface area contributed by atoms with Crippen LogP contribution in [-0.4, -0.2) is 19.6 Å². The van der Waals surface area contributed by atoms with E-state index in [0.717, 1.165) is 6.54 Å². The van der Waals surface area contributed by atoms with E-state index in [1.807, 2.05) is 13.1 Å². The second-order valence-electron chi connectivity index (χ2n) is 3.04. The smallest absolute Gasteiger partial charge is 0.0305 e. The molecule has 11 heavy (non-hydrogen) atoms. The van der Waals surface area contributed by atoms with Crippen molar-refractivity contribution >= 4 is 0 Å². The van der Waals surface area contributed by atoms with Gasteiger partial charge in [0.25, 0.3) is 0 Å². The number of nitrogens with two attached hydrogens (primary N) is 1. The first-order chi connectivity index (χ1) is 5.25. The second-order valence-corrected chi connectivity index (χ2v) is 3.04. The Balaban J connectivity index is 2.62. The summed E-state index contributed by atoms with van der Waals surface area (Å²) < 4.78 is 0. The van der Waals surface area contributed by atoms with Crippen LogP contribution in [0.1, 0.15) is 6.92 Å². The van der Waals surface area contributed by atoms with Crippen molar-refractivity contribution in [3.05, 3.63) is 23.8 Å². The molecule has 0 aromatic rings. The van der Waals surface area contributed by atoms with Gasteiger partial charge in [0.05, 0.1) is 0 Å². The molecule has 2 atom stereocenters. The summed E-state index contributed by atoms with van der Waals surface area (Å²) in [5, 5.41) is 3.14. The van der Waals surface area contributed by atoms with Crippen LogP contribution in [0.4, 0.5) is 0 Å². The van der Waals surface area contributed by atoms with Crippen LogP contribution in [0, 0.1) is 5.92 Å². The van der Waals surface area contributed by atoms with E-state index < -0.39 is 0 Å². The first kappa shape index (κ1) is 8.50. The normalized spacial score (nSPS) is 30.3. The lowest BCUT2D eigenvalue weighted by Gasteiger charge is -2.24. The molecule has 0 saturated heterocycles. The van der Waals surface area contributed by atoms with Crippen LogP contribution in [-0.2, 0) is 0 Å². The standard InChI is InChI=1S/C9H16N2/c1-7-4-3-5-9(10)8(7)6-11-2/h3-5,8-9,11H,6,10H2,1-2H3. The molecule has 0 bridgehead atoms. The first-order valence-corrected chi connectivity index (χ1v) is 4.01. The van der Waals surface area contributed by atoms with Gasteiger partial charge in [-0.1, -0.05) is 23.8 Å². The highest BCUT2D eigenvalue weighted by Gasteiger charge is 2.17. The van der Waals surface area contributed by atoms with Gasteiger partial charge in [0.1, 0.15) is 0 Å². The topological polar surface area (TPSA) is 38.0 Å². The average Bonchev–Trinajstić information content (AvgIpc) is 1.97. The van der Waals surface area contributed by atoms with Crippen molar-refractivity contribution in [2.45, 2.75) is 13.0 Å². The Labute approximate surface area is 68.2 Å². The van der Waals surface area contributed by atoms with Gasteiger partial charge in [-0.05, 0) is 14.0 Å². The third-order valence-electron chi connectivity index (χ3n) is 2.17. The molecule has 2 unspecified atom stereocenters. The van der Waals surface area contributed by atoms with Gasteiger partial charge < -0.3 is 11.1 Å². The molecule has 0 aliphatic heterocycles. The van der Waals surface area contributed by atoms with Gasteiger partial charge >= 0.3 is 0 Å². The maximum Gasteiger partial charge on any atom is 0.0305 e. The molecule has 2 heteroatoms. The minimum atomic E-state index is 0.187. The maximum atomic E-state index is 5.89. The highest BCUT2D eigenvalue weighted by atomic mass is 14.8. The lowest BCUT2D eigenvalue weighted by molar-refractivity contribution is 0.511. The highest BCUT2D eigenvalue weighted by molar-refractivity contribution is 5.23. The molecule has 0 fully saturated rings. The number of allylic oxidation sites excluding steroid dienone is 2. The molecule has 0 saturated carbocycles. The Morgan fingerprint density at radius 1 is 1.64 bits per heavy atom. The molecule has 0 aromatic heterocycles. The molecule has 62 valence electrons. The SMILES string of the molecule is CNCC1C(C)=CC=CC1N. The summed E-state index contributed by atoms with van der Waals surface area (Å²) in [5.74, 6) is 0.477. The minimum absolute atomic E-state index is 0.187. The Kier molecular flexibility index (Phi) is 2.85. The Hall–Kier alpha value is -0.600. The third kappa shape index (κ3) is 1.91. The van der Waals surface area contributed by atoms with E-state index in [-0.39, 0.29) is 6.04 Å². The molecule has 0 aromatic carbocycles.